The van der Waals surface area contributed by atoms with Crippen molar-refractivity contribution in [3.63, 3.8) is 0 Å². The molecule has 0 bridgehead atoms. The van der Waals surface area contributed by atoms with Crippen molar-refractivity contribution < 1.29 is 14.8 Å². The number of allylic oxidation sites excluding steroid dienone is 1. The van der Waals surface area contributed by atoms with Crippen LogP contribution >= 0.6 is 38.5 Å². The largest absolute Gasteiger partial charge is 0.506 e. The molecule has 0 spiro atoms. The van der Waals surface area contributed by atoms with Crippen molar-refractivity contribution in [1.82, 2.24) is 0 Å². The molecular weight excluding hydrogens is 491 g/mol. The number of Topliss-reactive ketones (excluding diaryl/α,β-unsaturated/α-hetero) is 1. The number of nitro benzene ring substituents is 1. The van der Waals surface area contributed by atoms with Crippen LogP contribution in [0, 0.1) is 25.0 Å². The van der Waals surface area contributed by atoms with Gasteiger partial charge < -0.3 is 5.11 Å². The molecule has 0 aromatic heterocycles. The average molecular weight is 499 g/mol. The lowest BCUT2D eigenvalue weighted by atomic mass is 10.0. The number of ketones is 1. The van der Waals surface area contributed by atoms with Gasteiger partial charge in [0.25, 0.3) is 5.69 Å². The summed E-state index contributed by atoms with van der Waals surface area (Å²) < 4.78 is 1.23. The SMILES string of the molecule is N#C/C(=C\c1cc(Br)cc(I)c1O)C(=O)c1cccc([N+](=O)[O-])c1. The number of nitro groups is 1. The maximum atomic E-state index is 12.4. The van der Waals surface area contributed by atoms with E-state index in [4.69, 9.17) is 0 Å². The second-order valence-corrected chi connectivity index (χ2v) is 6.71. The maximum absolute atomic E-state index is 12.4. The van der Waals surface area contributed by atoms with Gasteiger partial charge in [0.2, 0.25) is 5.78 Å². The van der Waals surface area contributed by atoms with Crippen molar-refractivity contribution in [2.24, 2.45) is 0 Å². The van der Waals surface area contributed by atoms with Crippen molar-refractivity contribution >= 4 is 56.1 Å². The molecule has 2 rings (SSSR count). The summed E-state index contributed by atoms with van der Waals surface area (Å²) in [6.45, 7) is 0. The summed E-state index contributed by atoms with van der Waals surface area (Å²) in [5.74, 6) is -0.714. The third-order valence-corrected chi connectivity index (χ3v) is 4.32. The molecule has 0 aliphatic heterocycles. The molecule has 0 unspecified atom stereocenters. The van der Waals surface area contributed by atoms with Gasteiger partial charge in [0, 0.05) is 27.7 Å². The zero-order chi connectivity index (χ0) is 17.9. The van der Waals surface area contributed by atoms with E-state index in [-0.39, 0.29) is 22.6 Å². The molecule has 6 nitrogen and oxygen atoms in total. The van der Waals surface area contributed by atoms with E-state index in [2.05, 4.69) is 15.9 Å². The molecule has 0 aliphatic rings. The molecule has 0 aliphatic carbocycles. The Balaban J connectivity index is 2.49. The van der Waals surface area contributed by atoms with Gasteiger partial charge in [-0.3, -0.25) is 14.9 Å². The number of carbonyl (C=O) groups excluding carboxylic acids is 1. The molecule has 0 fully saturated rings. The van der Waals surface area contributed by atoms with Gasteiger partial charge in [0.15, 0.2) is 0 Å². The van der Waals surface area contributed by atoms with E-state index >= 15 is 0 Å². The van der Waals surface area contributed by atoms with Gasteiger partial charge in [0.1, 0.15) is 17.4 Å². The number of nitrogens with zero attached hydrogens (tertiary/aromatic N) is 2. The van der Waals surface area contributed by atoms with Gasteiger partial charge in [-0.15, -0.1) is 0 Å². The van der Waals surface area contributed by atoms with Crippen LogP contribution in [-0.2, 0) is 0 Å². The first kappa shape index (κ1) is 18.1. The summed E-state index contributed by atoms with van der Waals surface area (Å²) in [5, 5.41) is 30.1. The van der Waals surface area contributed by atoms with Crippen molar-refractivity contribution in [1.29, 1.82) is 5.26 Å². The predicted octanol–water partition coefficient (Wildman–Crippen LogP) is 4.46. The zero-order valence-corrected chi connectivity index (χ0v) is 15.6. The molecule has 0 atom stereocenters. The fourth-order valence-electron chi connectivity index (χ4n) is 1.92. The summed E-state index contributed by atoms with van der Waals surface area (Å²) in [5.41, 5.74) is -0.150. The van der Waals surface area contributed by atoms with Crippen molar-refractivity contribution in [2.45, 2.75) is 0 Å². The number of non-ortho nitro benzene ring substituents is 1. The second-order valence-electron chi connectivity index (χ2n) is 4.63. The fourth-order valence-corrected chi connectivity index (χ4v) is 3.47. The maximum Gasteiger partial charge on any atom is 0.270 e. The van der Waals surface area contributed by atoms with Crippen LogP contribution in [0.25, 0.3) is 6.08 Å². The number of phenols is 1. The van der Waals surface area contributed by atoms with E-state index < -0.39 is 10.7 Å². The first-order valence-corrected chi connectivity index (χ1v) is 8.29. The number of phenolic OH excluding ortho intramolecular Hbond substituents is 1. The molecule has 2 aromatic carbocycles. The van der Waals surface area contributed by atoms with Crippen molar-refractivity contribution in [3.05, 3.63) is 71.3 Å². The summed E-state index contributed by atoms with van der Waals surface area (Å²) in [6, 6.07) is 10.2. The number of hydrogen-bond donors (Lipinski definition) is 1. The Hall–Kier alpha value is -2.25. The highest BCUT2D eigenvalue weighted by atomic mass is 127. The molecule has 0 saturated carbocycles. The molecule has 2 aromatic rings. The van der Waals surface area contributed by atoms with E-state index in [0.717, 1.165) is 6.07 Å². The smallest absolute Gasteiger partial charge is 0.270 e. The van der Waals surface area contributed by atoms with Crippen LogP contribution in [0.1, 0.15) is 15.9 Å². The molecule has 0 saturated heterocycles. The molecular formula is C16H8BrIN2O4. The van der Waals surface area contributed by atoms with E-state index in [0.29, 0.717) is 13.6 Å². The topological polar surface area (TPSA) is 104 Å². The second kappa shape index (κ2) is 7.55. The van der Waals surface area contributed by atoms with Crippen LogP contribution in [0.2, 0.25) is 0 Å². The number of aromatic hydroxyl groups is 1. The van der Waals surface area contributed by atoms with Gasteiger partial charge in [0.05, 0.1) is 8.49 Å². The average Bonchev–Trinajstić information content (AvgIpc) is 2.56. The first-order valence-electron chi connectivity index (χ1n) is 6.42. The van der Waals surface area contributed by atoms with Crippen molar-refractivity contribution in [2.75, 3.05) is 0 Å². The van der Waals surface area contributed by atoms with Gasteiger partial charge in [-0.2, -0.15) is 5.26 Å². The summed E-state index contributed by atoms with van der Waals surface area (Å²) in [7, 11) is 0. The summed E-state index contributed by atoms with van der Waals surface area (Å²) in [6.07, 6.45) is 1.25. The zero-order valence-electron chi connectivity index (χ0n) is 11.9. The third-order valence-electron chi connectivity index (χ3n) is 3.04. The van der Waals surface area contributed by atoms with E-state index in [1.54, 1.807) is 18.2 Å². The Bertz CT molecular complexity index is 919. The highest BCUT2D eigenvalue weighted by Gasteiger charge is 2.17. The van der Waals surface area contributed by atoms with Crippen LogP contribution < -0.4 is 0 Å². The number of rotatable bonds is 4. The molecule has 8 heteroatoms. The number of carbonyl (C=O) groups is 1. The highest BCUT2D eigenvalue weighted by Crippen LogP contribution is 2.30. The number of halogens is 2. The lowest BCUT2D eigenvalue weighted by Crippen LogP contribution is -2.03. The lowest BCUT2D eigenvalue weighted by molar-refractivity contribution is -0.384. The van der Waals surface area contributed by atoms with E-state index in [1.165, 1.54) is 24.3 Å². The summed E-state index contributed by atoms with van der Waals surface area (Å²) in [4.78, 5) is 22.6. The lowest BCUT2D eigenvalue weighted by Gasteiger charge is -2.05. The van der Waals surface area contributed by atoms with Crippen LogP contribution in [-0.4, -0.2) is 15.8 Å². The van der Waals surface area contributed by atoms with Crippen molar-refractivity contribution in [3.8, 4) is 11.8 Å². The Morgan fingerprint density at radius 1 is 1.38 bits per heavy atom. The number of benzene rings is 2. The van der Waals surface area contributed by atoms with Crippen LogP contribution in [0.3, 0.4) is 0 Å². The minimum atomic E-state index is -0.657. The molecule has 0 radical (unpaired) electrons. The predicted molar refractivity (Wildman–Crippen MR) is 99.5 cm³/mol. The molecule has 120 valence electrons. The molecule has 1 N–H and O–H groups in total. The van der Waals surface area contributed by atoms with E-state index in [9.17, 15) is 25.3 Å². The molecule has 0 heterocycles. The Morgan fingerprint density at radius 3 is 2.71 bits per heavy atom. The van der Waals surface area contributed by atoms with Crippen LogP contribution in [0.15, 0.2) is 46.4 Å². The Morgan fingerprint density at radius 2 is 2.08 bits per heavy atom. The highest BCUT2D eigenvalue weighted by molar-refractivity contribution is 14.1. The van der Waals surface area contributed by atoms with Gasteiger partial charge in [-0.1, -0.05) is 28.1 Å². The van der Waals surface area contributed by atoms with Gasteiger partial charge in [-0.25, -0.2) is 0 Å². The normalized spacial score (nSPS) is 11.0. The minimum absolute atomic E-state index is 0.0289. The van der Waals surface area contributed by atoms with Gasteiger partial charge >= 0.3 is 0 Å². The monoisotopic (exact) mass is 498 g/mol. The first-order chi connectivity index (χ1) is 11.3. The standard InChI is InChI=1S/C16H8BrIN2O4/c17-12-5-10(16(22)14(18)7-12)4-11(8-19)15(21)9-2-1-3-13(6-9)20(23)24/h1-7,22H/b11-4+. The van der Waals surface area contributed by atoms with Gasteiger partial charge in [-0.05, 0) is 40.8 Å². The van der Waals surface area contributed by atoms with Crippen LogP contribution in [0.4, 0.5) is 5.69 Å². The minimum Gasteiger partial charge on any atom is -0.506 e. The van der Waals surface area contributed by atoms with Crippen LogP contribution in [0.5, 0.6) is 5.75 Å². The third kappa shape index (κ3) is 3.98. The van der Waals surface area contributed by atoms with E-state index in [1.807, 2.05) is 22.6 Å². The number of nitriles is 1. The molecule has 24 heavy (non-hydrogen) atoms. The number of hydrogen-bond acceptors (Lipinski definition) is 5. The Kier molecular flexibility index (Phi) is 5.69. The summed E-state index contributed by atoms with van der Waals surface area (Å²) >= 11 is 5.20. The quantitative estimate of drug-likeness (QED) is 0.167. The molecule has 0 amide bonds. The fraction of sp³-hybridized carbons (Fsp3) is 0. The Labute approximate surface area is 158 Å².